The van der Waals surface area contributed by atoms with E-state index in [2.05, 4.69) is 16.0 Å². The van der Waals surface area contributed by atoms with Crippen molar-refractivity contribution < 1.29 is 9.59 Å². The van der Waals surface area contributed by atoms with E-state index in [1.54, 1.807) is 11.9 Å². The van der Waals surface area contributed by atoms with E-state index in [0.717, 1.165) is 13.1 Å². The van der Waals surface area contributed by atoms with Gasteiger partial charge in [-0.3, -0.25) is 9.59 Å². The zero-order valence-corrected chi connectivity index (χ0v) is 9.88. The van der Waals surface area contributed by atoms with E-state index < -0.39 is 0 Å². The first-order valence-electron chi connectivity index (χ1n) is 5.62. The molecule has 1 rings (SSSR count). The zero-order valence-electron chi connectivity index (χ0n) is 9.88. The lowest BCUT2D eigenvalue weighted by atomic mass is 10.2. The van der Waals surface area contributed by atoms with Crippen LogP contribution in [0.3, 0.4) is 0 Å². The van der Waals surface area contributed by atoms with Crippen molar-refractivity contribution in [1.82, 2.24) is 20.9 Å². The largest absolute Gasteiger partial charge is 0.358 e. The van der Waals surface area contributed by atoms with Gasteiger partial charge in [0.25, 0.3) is 0 Å². The van der Waals surface area contributed by atoms with Gasteiger partial charge in [0.2, 0.25) is 11.8 Å². The Balaban J connectivity index is 2.50. The fourth-order valence-electron chi connectivity index (χ4n) is 1.65. The van der Waals surface area contributed by atoms with Gasteiger partial charge in [-0.2, -0.15) is 0 Å². The van der Waals surface area contributed by atoms with Crippen LogP contribution in [0.2, 0.25) is 0 Å². The minimum absolute atomic E-state index is 0.0155. The molecular formula is C10H20N4O2. The highest BCUT2D eigenvalue weighted by Gasteiger charge is 2.25. The van der Waals surface area contributed by atoms with Crippen LogP contribution in [0.5, 0.6) is 0 Å². The van der Waals surface area contributed by atoms with E-state index in [9.17, 15) is 9.59 Å². The molecular weight excluding hydrogens is 208 g/mol. The number of hydrogen-bond acceptors (Lipinski definition) is 4. The molecule has 1 aliphatic heterocycles. The molecule has 0 aromatic rings. The van der Waals surface area contributed by atoms with E-state index >= 15 is 0 Å². The second-order valence-corrected chi connectivity index (χ2v) is 3.74. The van der Waals surface area contributed by atoms with Gasteiger partial charge in [-0.1, -0.05) is 0 Å². The molecule has 0 saturated carbocycles. The van der Waals surface area contributed by atoms with Gasteiger partial charge in [-0.25, -0.2) is 0 Å². The van der Waals surface area contributed by atoms with Crippen molar-refractivity contribution >= 4 is 11.8 Å². The van der Waals surface area contributed by atoms with Crippen LogP contribution in [0.25, 0.3) is 0 Å². The van der Waals surface area contributed by atoms with E-state index in [-0.39, 0.29) is 24.4 Å². The van der Waals surface area contributed by atoms with Gasteiger partial charge in [0.1, 0.15) is 0 Å². The van der Waals surface area contributed by atoms with Gasteiger partial charge >= 0.3 is 0 Å². The Morgan fingerprint density at radius 2 is 2.19 bits per heavy atom. The van der Waals surface area contributed by atoms with Crippen LogP contribution in [-0.4, -0.2) is 62.5 Å². The lowest BCUT2D eigenvalue weighted by molar-refractivity contribution is -0.137. The van der Waals surface area contributed by atoms with Crippen LogP contribution >= 0.6 is 0 Å². The van der Waals surface area contributed by atoms with Crippen LogP contribution in [0, 0.1) is 0 Å². The van der Waals surface area contributed by atoms with Crippen LogP contribution in [0.4, 0.5) is 0 Å². The third-order valence-electron chi connectivity index (χ3n) is 2.65. The number of nitrogens with zero attached hydrogens (tertiary/aromatic N) is 1. The summed E-state index contributed by atoms with van der Waals surface area (Å²) in [4.78, 5) is 24.8. The van der Waals surface area contributed by atoms with E-state index in [0.29, 0.717) is 13.1 Å². The number of hydrogen-bond donors (Lipinski definition) is 3. The molecule has 92 valence electrons. The maximum Gasteiger partial charge on any atom is 0.241 e. The fraction of sp³-hybridized carbons (Fsp3) is 0.800. The average molecular weight is 228 g/mol. The smallest absolute Gasteiger partial charge is 0.241 e. The van der Waals surface area contributed by atoms with Crippen molar-refractivity contribution in [2.75, 3.05) is 39.8 Å². The Morgan fingerprint density at radius 3 is 2.69 bits per heavy atom. The molecule has 1 aliphatic rings. The van der Waals surface area contributed by atoms with Gasteiger partial charge in [0.15, 0.2) is 0 Å². The first kappa shape index (κ1) is 12.9. The number of carbonyl (C=O) groups excluding carboxylic acids is 2. The first-order valence-corrected chi connectivity index (χ1v) is 5.62. The van der Waals surface area contributed by atoms with Gasteiger partial charge in [0, 0.05) is 33.2 Å². The lowest BCUT2D eigenvalue weighted by Gasteiger charge is -2.29. The molecule has 0 aromatic heterocycles. The van der Waals surface area contributed by atoms with Gasteiger partial charge in [-0.15, -0.1) is 0 Å². The van der Waals surface area contributed by atoms with Crippen molar-refractivity contribution in [2.45, 2.75) is 13.0 Å². The number of piperazine rings is 1. The maximum absolute atomic E-state index is 12.0. The summed E-state index contributed by atoms with van der Waals surface area (Å²) in [6.07, 6.45) is 0. The van der Waals surface area contributed by atoms with E-state index in [1.165, 1.54) is 0 Å². The molecule has 1 heterocycles. The Kier molecular flexibility index (Phi) is 5.21. The molecule has 16 heavy (non-hydrogen) atoms. The van der Waals surface area contributed by atoms with Crippen LogP contribution in [-0.2, 0) is 9.59 Å². The highest BCUT2D eigenvalue weighted by Crippen LogP contribution is 1.97. The van der Waals surface area contributed by atoms with E-state index in [4.69, 9.17) is 0 Å². The molecule has 0 aliphatic carbocycles. The lowest BCUT2D eigenvalue weighted by Crippen LogP contribution is -2.57. The molecule has 2 amide bonds. The van der Waals surface area contributed by atoms with Crippen LogP contribution in [0.15, 0.2) is 0 Å². The molecule has 1 saturated heterocycles. The van der Waals surface area contributed by atoms with Gasteiger partial charge < -0.3 is 20.9 Å². The third-order valence-corrected chi connectivity index (χ3v) is 2.65. The topological polar surface area (TPSA) is 73.5 Å². The summed E-state index contributed by atoms with van der Waals surface area (Å²) in [6, 6.07) is -0.210. The molecule has 6 heteroatoms. The Hall–Kier alpha value is -1.14. The fourth-order valence-corrected chi connectivity index (χ4v) is 1.65. The SMILES string of the molecule is CCN(CC(=O)NC)C(=O)C1CNCCN1. The second-order valence-electron chi connectivity index (χ2n) is 3.74. The summed E-state index contributed by atoms with van der Waals surface area (Å²) < 4.78 is 0. The molecule has 0 bridgehead atoms. The monoisotopic (exact) mass is 228 g/mol. The molecule has 0 radical (unpaired) electrons. The Bertz CT molecular complexity index is 251. The molecule has 1 unspecified atom stereocenters. The van der Waals surface area contributed by atoms with E-state index in [1.807, 2.05) is 6.92 Å². The third kappa shape index (κ3) is 3.46. The van der Waals surface area contributed by atoms with Gasteiger partial charge in [-0.05, 0) is 6.92 Å². The molecule has 1 atom stereocenters. The zero-order chi connectivity index (χ0) is 12.0. The minimum Gasteiger partial charge on any atom is -0.358 e. The molecule has 1 fully saturated rings. The predicted molar refractivity (Wildman–Crippen MR) is 61.0 cm³/mol. The molecule has 6 nitrogen and oxygen atoms in total. The Morgan fingerprint density at radius 1 is 1.44 bits per heavy atom. The summed E-state index contributed by atoms with van der Waals surface area (Å²) in [7, 11) is 1.57. The number of likely N-dealkylation sites (N-methyl/N-ethyl adjacent to an activating group) is 2. The minimum atomic E-state index is -0.210. The van der Waals surface area contributed by atoms with Gasteiger partial charge in [0.05, 0.1) is 12.6 Å². The van der Waals surface area contributed by atoms with Crippen LogP contribution < -0.4 is 16.0 Å². The summed E-state index contributed by atoms with van der Waals surface area (Å²) >= 11 is 0. The Labute approximate surface area is 95.8 Å². The quantitative estimate of drug-likeness (QED) is 0.528. The summed E-state index contributed by atoms with van der Waals surface area (Å²) in [6.45, 7) is 4.84. The highest BCUT2D eigenvalue weighted by molar-refractivity contribution is 5.87. The standard InChI is InChI=1S/C10H20N4O2/c1-3-14(7-9(15)11-2)10(16)8-6-12-4-5-13-8/h8,12-13H,3-7H2,1-2H3,(H,11,15). The average Bonchev–Trinajstić information content (AvgIpc) is 2.35. The maximum atomic E-state index is 12.0. The number of rotatable bonds is 4. The molecule has 0 aromatic carbocycles. The highest BCUT2D eigenvalue weighted by atomic mass is 16.2. The molecule has 3 N–H and O–H groups in total. The predicted octanol–water partition coefficient (Wildman–Crippen LogP) is -1.86. The van der Waals surface area contributed by atoms with Crippen molar-refractivity contribution in [3.05, 3.63) is 0 Å². The normalized spacial score (nSPS) is 20.2. The first-order chi connectivity index (χ1) is 7.69. The van der Waals surface area contributed by atoms with Crippen molar-refractivity contribution in [3.8, 4) is 0 Å². The second kappa shape index (κ2) is 6.44. The number of amides is 2. The van der Waals surface area contributed by atoms with Crippen molar-refractivity contribution in [1.29, 1.82) is 0 Å². The van der Waals surface area contributed by atoms with Crippen LogP contribution in [0.1, 0.15) is 6.92 Å². The molecule has 0 spiro atoms. The van der Waals surface area contributed by atoms with Crippen molar-refractivity contribution in [3.63, 3.8) is 0 Å². The number of carbonyl (C=O) groups is 2. The summed E-state index contributed by atoms with van der Waals surface area (Å²) in [5, 5.41) is 8.81. The summed E-state index contributed by atoms with van der Waals surface area (Å²) in [5.74, 6) is -0.155. The number of nitrogens with one attached hydrogen (secondary N) is 3. The van der Waals surface area contributed by atoms with Crippen molar-refractivity contribution in [2.24, 2.45) is 0 Å². The summed E-state index contributed by atoms with van der Waals surface area (Å²) in [5.41, 5.74) is 0.